The molecule has 0 atom stereocenters. The van der Waals surface area contributed by atoms with Gasteiger partial charge < -0.3 is 20.4 Å². The summed E-state index contributed by atoms with van der Waals surface area (Å²) < 4.78 is 44.1. The number of hydrogen-bond acceptors (Lipinski definition) is 6. The summed E-state index contributed by atoms with van der Waals surface area (Å²) in [6.07, 6.45) is 2.77. The molecule has 0 saturated carbocycles. The number of ether oxygens (including phenoxy) is 1. The first kappa shape index (κ1) is 25.9. The van der Waals surface area contributed by atoms with E-state index in [2.05, 4.69) is 15.0 Å². The van der Waals surface area contributed by atoms with E-state index in [-0.39, 0.29) is 0 Å². The number of hydrogen-bond donors (Lipinski definition) is 1. The average molecular weight is 494 g/mol. The normalized spacial score (nSPS) is 11.4. The first-order chi connectivity index (χ1) is 17.2. The van der Waals surface area contributed by atoms with Crippen molar-refractivity contribution in [2.45, 2.75) is 13.1 Å². The number of para-hydroxylation sites is 1. The van der Waals surface area contributed by atoms with Crippen molar-refractivity contribution in [2.75, 3.05) is 5.73 Å². The van der Waals surface area contributed by atoms with E-state index in [1.807, 2.05) is 18.2 Å². The molecule has 184 valence electrons. The third kappa shape index (κ3) is 7.13. The van der Waals surface area contributed by atoms with Crippen molar-refractivity contribution in [1.29, 1.82) is 0 Å². The SMILES string of the molecule is C/C=C/C=C/C(=O)[O-].Nc1ccc2cccc(Oc3cc(-c4ccc(C(F)(F)F)cc4)nc[nH+]3)c2n1. The lowest BCUT2D eigenvalue weighted by Crippen LogP contribution is -2.18. The molecule has 0 fully saturated rings. The molecule has 10 heteroatoms. The van der Waals surface area contributed by atoms with Crippen LogP contribution in [0, 0.1) is 0 Å². The van der Waals surface area contributed by atoms with Crippen LogP contribution < -0.4 is 20.6 Å². The Bertz CT molecular complexity index is 1400. The maximum absolute atomic E-state index is 12.7. The number of pyridine rings is 1. The van der Waals surface area contributed by atoms with Gasteiger partial charge in [-0.1, -0.05) is 30.4 Å². The van der Waals surface area contributed by atoms with Gasteiger partial charge in [-0.2, -0.15) is 13.2 Å². The number of carbonyl (C=O) groups is 1. The number of carboxylic acid groups (broad SMARTS) is 1. The van der Waals surface area contributed by atoms with Crippen LogP contribution in [0.15, 0.2) is 91.3 Å². The van der Waals surface area contributed by atoms with Crippen molar-refractivity contribution in [3.63, 3.8) is 0 Å². The van der Waals surface area contributed by atoms with Gasteiger partial charge in [0.15, 0.2) is 11.4 Å². The molecule has 0 unspecified atom stereocenters. The number of benzene rings is 2. The number of nitrogen functional groups attached to an aromatic ring is 1. The molecule has 0 bridgehead atoms. The zero-order valence-corrected chi connectivity index (χ0v) is 19.0. The van der Waals surface area contributed by atoms with Crippen LogP contribution in [0.2, 0.25) is 0 Å². The number of allylic oxidation sites excluding steroid dienone is 3. The lowest BCUT2D eigenvalue weighted by molar-refractivity contribution is -0.395. The van der Waals surface area contributed by atoms with Crippen molar-refractivity contribution < 1.29 is 32.8 Å². The van der Waals surface area contributed by atoms with Gasteiger partial charge in [-0.15, -0.1) is 0 Å². The Labute approximate surface area is 204 Å². The molecular weight excluding hydrogens is 473 g/mol. The van der Waals surface area contributed by atoms with Crippen molar-refractivity contribution in [1.82, 2.24) is 9.97 Å². The van der Waals surface area contributed by atoms with E-state index in [1.165, 1.54) is 24.5 Å². The number of anilines is 1. The Morgan fingerprint density at radius 3 is 2.50 bits per heavy atom. The number of carbonyl (C=O) groups excluding carboxylic acids is 1. The second-order valence-electron chi connectivity index (χ2n) is 7.24. The highest BCUT2D eigenvalue weighted by molar-refractivity contribution is 5.85. The molecule has 0 aliphatic carbocycles. The second kappa shape index (κ2) is 11.6. The van der Waals surface area contributed by atoms with Gasteiger partial charge in [-0.05, 0) is 60.4 Å². The minimum atomic E-state index is -4.38. The third-order valence-electron chi connectivity index (χ3n) is 4.65. The standard InChI is InChI=1S/C20H13F3N4O.C6H8O2/c21-20(22,23)14-7-4-12(5-8-14)15-10-18(26-11-25-15)28-16-3-1-2-13-6-9-17(24)27-19(13)16;1-2-3-4-5-6(7)8/h1-11H,(H2,24,27);2-5H,1H3,(H,7,8)/b;3-2+,5-4+. The Kier molecular flexibility index (Phi) is 8.35. The molecule has 0 aliphatic rings. The van der Waals surface area contributed by atoms with E-state index in [4.69, 9.17) is 10.5 Å². The maximum Gasteiger partial charge on any atom is 0.416 e. The number of H-pyrrole nitrogens is 1. The fourth-order valence-electron chi connectivity index (χ4n) is 3.00. The summed E-state index contributed by atoms with van der Waals surface area (Å²) in [5.41, 5.74) is 6.65. The van der Waals surface area contributed by atoms with E-state index in [1.54, 1.807) is 37.3 Å². The molecule has 2 aromatic carbocycles. The minimum Gasteiger partial charge on any atom is -0.545 e. The fourth-order valence-corrected chi connectivity index (χ4v) is 3.00. The van der Waals surface area contributed by atoms with Crippen molar-refractivity contribution >= 4 is 22.7 Å². The van der Waals surface area contributed by atoms with E-state index in [0.29, 0.717) is 34.2 Å². The summed E-state index contributed by atoms with van der Waals surface area (Å²) in [6.45, 7) is 1.81. The Balaban J connectivity index is 0.000000392. The molecule has 0 aliphatic heterocycles. The number of aliphatic carboxylic acids is 1. The maximum atomic E-state index is 12.7. The van der Waals surface area contributed by atoms with Gasteiger partial charge >= 0.3 is 6.18 Å². The molecule has 0 saturated heterocycles. The highest BCUT2D eigenvalue weighted by Gasteiger charge is 2.30. The number of rotatable bonds is 5. The van der Waals surface area contributed by atoms with Gasteiger partial charge in [0.25, 0.3) is 12.2 Å². The number of aromatic amines is 1. The number of nitrogens with one attached hydrogen (secondary N) is 1. The zero-order valence-electron chi connectivity index (χ0n) is 19.0. The topological polar surface area (TPSA) is 115 Å². The molecule has 0 radical (unpaired) electrons. The summed E-state index contributed by atoms with van der Waals surface area (Å²) in [5, 5.41) is 10.5. The molecule has 2 aromatic heterocycles. The lowest BCUT2D eigenvalue weighted by atomic mass is 10.1. The lowest BCUT2D eigenvalue weighted by Gasteiger charge is -2.07. The van der Waals surface area contributed by atoms with E-state index in [0.717, 1.165) is 23.6 Å². The van der Waals surface area contributed by atoms with Crippen molar-refractivity contribution in [3.8, 4) is 22.9 Å². The van der Waals surface area contributed by atoms with Gasteiger partial charge in [0.1, 0.15) is 11.3 Å². The van der Waals surface area contributed by atoms with Crippen molar-refractivity contribution in [3.05, 3.63) is 96.9 Å². The summed E-state index contributed by atoms with van der Waals surface area (Å²) in [6, 6.07) is 15.4. The number of alkyl halides is 3. The van der Waals surface area contributed by atoms with Crippen LogP contribution >= 0.6 is 0 Å². The number of aromatic nitrogens is 3. The molecule has 4 aromatic rings. The molecule has 36 heavy (non-hydrogen) atoms. The Hall–Kier alpha value is -4.73. The number of nitrogens with two attached hydrogens (primary N) is 1. The molecule has 0 amide bonds. The highest BCUT2D eigenvalue weighted by Crippen LogP contribution is 2.32. The van der Waals surface area contributed by atoms with Crippen LogP contribution in [0.3, 0.4) is 0 Å². The first-order valence-electron chi connectivity index (χ1n) is 10.6. The number of fused-ring (bicyclic) bond motifs is 1. The molecule has 4 rings (SSSR count). The second-order valence-corrected chi connectivity index (χ2v) is 7.24. The van der Waals surface area contributed by atoms with Gasteiger partial charge in [-0.25, -0.2) is 9.97 Å². The smallest absolute Gasteiger partial charge is 0.416 e. The van der Waals surface area contributed by atoms with Crippen LogP contribution in [0.5, 0.6) is 11.6 Å². The molecule has 7 nitrogen and oxygen atoms in total. The molecule has 3 N–H and O–H groups in total. The average Bonchev–Trinajstić information content (AvgIpc) is 2.85. The van der Waals surface area contributed by atoms with Crippen LogP contribution in [0.4, 0.5) is 19.0 Å². The van der Waals surface area contributed by atoms with Gasteiger partial charge in [0.2, 0.25) is 0 Å². The Morgan fingerprint density at radius 2 is 1.83 bits per heavy atom. The molecule has 0 spiro atoms. The zero-order chi connectivity index (χ0) is 26.1. The first-order valence-corrected chi connectivity index (χ1v) is 10.6. The summed E-state index contributed by atoms with van der Waals surface area (Å²) >= 11 is 0. The summed E-state index contributed by atoms with van der Waals surface area (Å²) in [5.74, 6) is 0.0584. The highest BCUT2D eigenvalue weighted by atomic mass is 19.4. The predicted octanol–water partition coefficient (Wildman–Crippen LogP) is 4.37. The number of halogens is 3. The predicted molar refractivity (Wildman–Crippen MR) is 126 cm³/mol. The Morgan fingerprint density at radius 1 is 1.08 bits per heavy atom. The van der Waals surface area contributed by atoms with Gasteiger partial charge in [-0.3, -0.25) is 0 Å². The molecular formula is C26H21F3N4O3. The minimum absolute atomic E-state index is 0.363. The van der Waals surface area contributed by atoms with Crippen LogP contribution in [-0.2, 0) is 11.0 Å². The summed E-state index contributed by atoms with van der Waals surface area (Å²) in [4.78, 5) is 21.0. The van der Waals surface area contributed by atoms with Crippen molar-refractivity contribution in [2.24, 2.45) is 0 Å². The largest absolute Gasteiger partial charge is 0.545 e. The van der Waals surface area contributed by atoms with E-state index >= 15 is 0 Å². The third-order valence-corrected chi connectivity index (χ3v) is 4.65. The van der Waals surface area contributed by atoms with E-state index < -0.39 is 17.7 Å². The summed E-state index contributed by atoms with van der Waals surface area (Å²) in [7, 11) is 0. The van der Waals surface area contributed by atoms with Crippen LogP contribution in [0.1, 0.15) is 12.5 Å². The van der Waals surface area contributed by atoms with Gasteiger partial charge in [0.05, 0.1) is 17.6 Å². The number of nitrogens with zero attached hydrogens (tertiary/aromatic N) is 2. The van der Waals surface area contributed by atoms with Gasteiger partial charge in [0, 0.05) is 10.9 Å². The van der Waals surface area contributed by atoms with Crippen LogP contribution in [-0.4, -0.2) is 15.9 Å². The number of carboxylic acids is 1. The quantitative estimate of drug-likeness (QED) is 0.325. The molecule has 2 heterocycles. The van der Waals surface area contributed by atoms with E-state index in [9.17, 15) is 23.1 Å². The monoisotopic (exact) mass is 494 g/mol. The fraction of sp³-hybridized carbons (Fsp3) is 0.0769. The van der Waals surface area contributed by atoms with Crippen LogP contribution in [0.25, 0.3) is 22.2 Å².